The van der Waals surface area contributed by atoms with Crippen molar-refractivity contribution < 1.29 is 13.2 Å². The van der Waals surface area contributed by atoms with Crippen molar-refractivity contribution in [2.45, 2.75) is 31.1 Å². The highest BCUT2D eigenvalue weighted by Crippen LogP contribution is 2.41. The summed E-state index contributed by atoms with van der Waals surface area (Å²) in [5, 5.41) is -3.13. The highest BCUT2D eigenvalue weighted by molar-refractivity contribution is 9.10. The van der Waals surface area contributed by atoms with E-state index in [2.05, 4.69) is 15.9 Å². The minimum atomic E-state index is -3.48. The van der Waals surface area contributed by atoms with Crippen molar-refractivity contribution in [1.29, 1.82) is 0 Å². The van der Waals surface area contributed by atoms with Gasteiger partial charge in [-0.3, -0.25) is 0 Å². The molecule has 0 fully saturated rings. The lowest BCUT2D eigenvalue weighted by atomic mass is 10.1. The quantitative estimate of drug-likeness (QED) is 0.474. The molecule has 1 unspecified atom stereocenters. The van der Waals surface area contributed by atoms with E-state index in [1.165, 1.54) is 12.1 Å². The fourth-order valence-electron chi connectivity index (χ4n) is 1.40. The summed E-state index contributed by atoms with van der Waals surface area (Å²) in [6.45, 7) is 5.46. The number of hydrogen-bond acceptors (Lipinski definition) is 1. The third-order valence-electron chi connectivity index (χ3n) is 1.96. The molecule has 0 N–H and O–H groups in total. The number of halogens is 5. The van der Waals surface area contributed by atoms with Crippen molar-refractivity contribution in [3.05, 3.63) is 33.3 Å². The summed E-state index contributed by atoms with van der Waals surface area (Å²) in [7, 11) is -2.17. The molecule has 0 aromatic heterocycles. The molecule has 1 aromatic carbocycles. The van der Waals surface area contributed by atoms with E-state index < -0.39 is 19.8 Å². The number of benzene rings is 1. The van der Waals surface area contributed by atoms with Crippen molar-refractivity contribution in [2.24, 2.45) is 0 Å². The van der Waals surface area contributed by atoms with Crippen molar-refractivity contribution >= 4 is 47.4 Å². The highest BCUT2D eigenvalue weighted by Gasteiger charge is 2.42. The number of hydrogen-bond donors (Lipinski definition) is 0. The van der Waals surface area contributed by atoms with Crippen LogP contribution >= 0.6 is 39.1 Å². The lowest BCUT2D eigenvalue weighted by Crippen LogP contribution is -2.34. The van der Waals surface area contributed by atoms with Gasteiger partial charge in [-0.1, -0.05) is 27.5 Å². The van der Waals surface area contributed by atoms with Gasteiger partial charge in [-0.25, -0.2) is 0 Å². The van der Waals surface area contributed by atoms with Crippen LogP contribution in [-0.2, 0) is 4.43 Å². The minimum absolute atomic E-state index is 0.261. The first-order valence-corrected chi connectivity index (χ1v) is 10.2. The molecule has 0 saturated carbocycles. The summed E-state index contributed by atoms with van der Waals surface area (Å²) < 4.78 is 33.0. The standard InChI is InChI=1S/C11H13BrCl2F2OSi/c1-18(2,3)17-10(11(14,15)16)7-4-8(12)6-9(13)5-7/h4-6,10H,1-3H3. The highest BCUT2D eigenvalue weighted by atomic mass is 79.9. The molecule has 102 valence electrons. The molecule has 1 nitrogen and oxygen atoms in total. The largest absolute Gasteiger partial charge is 0.404 e. The van der Waals surface area contributed by atoms with Gasteiger partial charge in [0.25, 0.3) is 0 Å². The first kappa shape index (κ1) is 16.4. The normalized spacial score (nSPS) is 14.7. The molecule has 0 spiro atoms. The molecule has 0 amide bonds. The molecule has 0 aliphatic rings. The Kier molecular flexibility index (Phi) is 5.23. The number of alkyl halides is 3. The van der Waals surface area contributed by atoms with Crippen LogP contribution in [0.1, 0.15) is 11.7 Å². The second kappa shape index (κ2) is 5.75. The van der Waals surface area contributed by atoms with E-state index >= 15 is 0 Å². The average molecular weight is 378 g/mol. The van der Waals surface area contributed by atoms with E-state index in [-0.39, 0.29) is 5.56 Å². The van der Waals surface area contributed by atoms with Crippen LogP contribution in [0, 0.1) is 0 Å². The lowest BCUT2D eigenvalue weighted by molar-refractivity contribution is -0.0320. The maximum absolute atomic E-state index is 13.5. The van der Waals surface area contributed by atoms with Crippen molar-refractivity contribution in [1.82, 2.24) is 0 Å². The van der Waals surface area contributed by atoms with E-state index in [1.54, 1.807) is 6.07 Å². The van der Waals surface area contributed by atoms with Gasteiger partial charge in [0.05, 0.1) is 0 Å². The van der Waals surface area contributed by atoms with Crippen molar-refractivity contribution in [3.63, 3.8) is 0 Å². The van der Waals surface area contributed by atoms with Gasteiger partial charge in [0.2, 0.25) is 0 Å². The summed E-state index contributed by atoms with van der Waals surface area (Å²) in [5.74, 6) is 0. The molecule has 0 aliphatic carbocycles. The molecule has 0 bridgehead atoms. The Hall–Kier alpha value is 0.317. The third-order valence-corrected chi connectivity index (χ3v) is 3.77. The molecule has 18 heavy (non-hydrogen) atoms. The van der Waals surface area contributed by atoms with Crippen LogP contribution in [0.5, 0.6) is 0 Å². The minimum Gasteiger partial charge on any atom is -0.404 e. The van der Waals surface area contributed by atoms with E-state index in [0.717, 1.165) is 0 Å². The molecule has 1 atom stereocenters. The third kappa shape index (κ3) is 5.13. The van der Waals surface area contributed by atoms with E-state index in [0.29, 0.717) is 9.50 Å². The molecular weight excluding hydrogens is 365 g/mol. The van der Waals surface area contributed by atoms with Gasteiger partial charge in [-0.15, -0.1) is 0 Å². The summed E-state index contributed by atoms with van der Waals surface area (Å²) in [5.41, 5.74) is 0.261. The monoisotopic (exact) mass is 376 g/mol. The van der Waals surface area contributed by atoms with Crippen LogP contribution in [0.3, 0.4) is 0 Å². The van der Waals surface area contributed by atoms with Gasteiger partial charge in [0, 0.05) is 9.50 Å². The van der Waals surface area contributed by atoms with Crippen molar-refractivity contribution in [3.8, 4) is 0 Å². The van der Waals surface area contributed by atoms with Crippen LogP contribution in [0.25, 0.3) is 0 Å². The Morgan fingerprint density at radius 1 is 1.28 bits per heavy atom. The van der Waals surface area contributed by atoms with Gasteiger partial charge < -0.3 is 4.43 Å². The van der Waals surface area contributed by atoms with Crippen LogP contribution < -0.4 is 0 Å². The van der Waals surface area contributed by atoms with Gasteiger partial charge in [-0.05, 0) is 55.0 Å². The Morgan fingerprint density at radius 3 is 2.22 bits per heavy atom. The average Bonchev–Trinajstić information content (AvgIpc) is 2.09. The first-order chi connectivity index (χ1) is 7.99. The second-order valence-corrected chi connectivity index (χ2v) is 11.2. The van der Waals surface area contributed by atoms with Gasteiger partial charge in [-0.2, -0.15) is 8.78 Å². The fraction of sp³-hybridized carbons (Fsp3) is 0.455. The maximum atomic E-state index is 13.5. The molecule has 1 aromatic rings. The molecule has 7 heteroatoms. The first-order valence-electron chi connectivity index (χ1n) is 5.19. The molecular formula is C11H13BrCl2F2OSi. The van der Waals surface area contributed by atoms with Gasteiger partial charge in [0.15, 0.2) is 8.32 Å². The molecule has 0 saturated heterocycles. The van der Waals surface area contributed by atoms with Crippen LogP contribution in [0.4, 0.5) is 8.78 Å². The molecule has 1 rings (SSSR count). The van der Waals surface area contributed by atoms with E-state index in [4.69, 9.17) is 27.6 Å². The zero-order chi connectivity index (χ0) is 14.1. The summed E-state index contributed by atoms with van der Waals surface area (Å²) in [6.07, 6.45) is -1.50. The Morgan fingerprint density at radius 2 is 1.83 bits per heavy atom. The summed E-state index contributed by atoms with van der Waals surface area (Å²) >= 11 is 14.2. The summed E-state index contributed by atoms with van der Waals surface area (Å²) in [4.78, 5) is 0. The molecule has 0 aliphatic heterocycles. The Bertz CT molecular complexity index is 412. The maximum Gasteiger partial charge on any atom is 0.350 e. The second-order valence-electron chi connectivity index (χ2n) is 4.85. The molecule has 0 heterocycles. The van der Waals surface area contributed by atoms with E-state index in [9.17, 15) is 8.78 Å². The number of rotatable bonds is 4. The SMILES string of the molecule is C[Si](C)(C)OC(c1cc(Cl)cc(Br)c1)C(F)(F)Cl. The van der Waals surface area contributed by atoms with Crippen LogP contribution in [0.2, 0.25) is 24.7 Å². The zero-order valence-electron chi connectivity index (χ0n) is 10.1. The van der Waals surface area contributed by atoms with Gasteiger partial charge >= 0.3 is 5.38 Å². The van der Waals surface area contributed by atoms with Crippen LogP contribution in [0.15, 0.2) is 22.7 Å². The predicted molar refractivity (Wildman–Crippen MR) is 77.1 cm³/mol. The van der Waals surface area contributed by atoms with Gasteiger partial charge in [0.1, 0.15) is 6.10 Å². The smallest absolute Gasteiger partial charge is 0.350 e. The molecule has 0 radical (unpaired) electrons. The Balaban J connectivity index is 3.18. The lowest BCUT2D eigenvalue weighted by Gasteiger charge is -2.29. The van der Waals surface area contributed by atoms with E-state index in [1.807, 2.05) is 19.6 Å². The van der Waals surface area contributed by atoms with Crippen LogP contribution in [-0.4, -0.2) is 13.7 Å². The Labute approximate surface area is 125 Å². The topological polar surface area (TPSA) is 9.23 Å². The predicted octanol–water partition coefficient (Wildman–Crippen LogP) is 5.83. The fourth-order valence-corrected chi connectivity index (χ4v) is 3.53. The summed E-state index contributed by atoms with van der Waals surface area (Å²) in [6, 6.07) is 4.59. The zero-order valence-corrected chi connectivity index (χ0v) is 14.2. The van der Waals surface area contributed by atoms with Crippen molar-refractivity contribution in [2.75, 3.05) is 0 Å².